The van der Waals surface area contributed by atoms with E-state index < -0.39 is 6.04 Å². The average Bonchev–Trinajstić information content (AvgIpc) is 3.89. The van der Waals surface area contributed by atoms with Gasteiger partial charge in [-0.25, -0.2) is 13.2 Å². The van der Waals surface area contributed by atoms with Gasteiger partial charge in [0.05, 0.1) is 6.04 Å². The van der Waals surface area contributed by atoms with Crippen molar-refractivity contribution in [3.05, 3.63) is 108 Å². The molecule has 49 heavy (non-hydrogen) atoms. The van der Waals surface area contributed by atoms with Crippen molar-refractivity contribution >= 4 is 30.7 Å². The zero-order chi connectivity index (χ0) is 32.8. The van der Waals surface area contributed by atoms with E-state index in [9.17, 15) is 18.0 Å². The highest BCUT2D eigenvalue weighted by atomic mass is 35.5. The minimum atomic E-state index is -0.499. The molecule has 260 valence electrons. The first kappa shape index (κ1) is 37.5. The largest absolute Gasteiger partial charge is 0.337 e. The Morgan fingerprint density at radius 2 is 1.49 bits per heavy atom. The third-order valence-corrected chi connectivity index (χ3v) is 8.14. The number of rotatable bonds is 8. The van der Waals surface area contributed by atoms with Gasteiger partial charge in [0, 0.05) is 30.1 Å². The Morgan fingerprint density at radius 3 is 2.10 bits per heavy atom. The number of carbonyl (C=O) groups excluding carboxylic acids is 1. The third-order valence-electron chi connectivity index (χ3n) is 8.14. The van der Waals surface area contributed by atoms with Gasteiger partial charge in [0.1, 0.15) is 23.5 Å². The molecular formula is C34H36Cl2F3N7O3. The normalized spacial score (nSPS) is 17.4. The molecule has 15 heteroatoms. The Labute approximate surface area is 293 Å². The number of nitrogens with two attached hydrogens (primary N) is 1. The van der Waals surface area contributed by atoms with E-state index in [2.05, 4.69) is 25.6 Å². The molecule has 4 heterocycles. The number of hydrogen-bond donors (Lipinski definition) is 2. The van der Waals surface area contributed by atoms with Crippen LogP contribution in [0.1, 0.15) is 61.5 Å². The zero-order valence-corrected chi connectivity index (χ0v) is 27.9. The monoisotopic (exact) mass is 717 g/mol. The summed E-state index contributed by atoms with van der Waals surface area (Å²) < 4.78 is 50.9. The number of likely N-dealkylation sites (tertiary alicyclic amines) is 1. The fraction of sp³-hybridized carbons (Fsp3) is 0.324. The number of nitrogens with one attached hydrogen (secondary N) is 1. The molecule has 0 bridgehead atoms. The molecule has 7 rings (SSSR count). The van der Waals surface area contributed by atoms with Gasteiger partial charge in [-0.2, -0.15) is 9.97 Å². The van der Waals surface area contributed by atoms with Crippen molar-refractivity contribution < 1.29 is 27.0 Å². The SMILES string of the molecule is Cl.Cl.Fc1cccc(-c2noc([C@@H]3CCCN3)n2)c1.N[C@@H](CC(=O)N1CCC[C@H]1c1nc(-c2cccc(F)c2)no1)Cc1ccccc1F. The van der Waals surface area contributed by atoms with Crippen LogP contribution in [0.4, 0.5) is 13.2 Å². The average molecular weight is 719 g/mol. The maximum atomic E-state index is 13.8. The van der Waals surface area contributed by atoms with E-state index in [4.69, 9.17) is 14.8 Å². The summed E-state index contributed by atoms with van der Waals surface area (Å²) in [6.45, 7) is 1.54. The van der Waals surface area contributed by atoms with E-state index in [1.807, 2.05) is 0 Å². The highest BCUT2D eigenvalue weighted by Gasteiger charge is 2.34. The quantitative estimate of drug-likeness (QED) is 0.178. The summed E-state index contributed by atoms with van der Waals surface area (Å²) in [4.78, 5) is 23.2. The maximum absolute atomic E-state index is 13.8. The summed E-state index contributed by atoms with van der Waals surface area (Å²) >= 11 is 0. The molecule has 2 fully saturated rings. The van der Waals surface area contributed by atoms with Gasteiger partial charge in [0.25, 0.3) is 0 Å². The molecule has 2 aliphatic rings. The minimum absolute atomic E-state index is 0. The third kappa shape index (κ3) is 9.44. The molecule has 1 amide bonds. The van der Waals surface area contributed by atoms with Gasteiger partial charge < -0.3 is 25.0 Å². The van der Waals surface area contributed by atoms with Crippen LogP contribution in [0.5, 0.6) is 0 Å². The fourth-order valence-electron chi connectivity index (χ4n) is 5.81. The summed E-state index contributed by atoms with van der Waals surface area (Å²) in [6.07, 6.45) is 3.99. The van der Waals surface area contributed by atoms with Crippen molar-refractivity contribution in [2.75, 3.05) is 13.1 Å². The van der Waals surface area contributed by atoms with Gasteiger partial charge in [0.15, 0.2) is 0 Å². The number of aromatic nitrogens is 4. The van der Waals surface area contributed by atoms with Crippen molar-refractivity contribution in [3.63, 3.8) is 0 Å². The standard InChI is InChI=1S/C22H22F2N4O2.C12H12FN3O.2ClH/c23-16-7-3-6-15(11-16)21-26-22(30-27-21)19-9-4-10-28(19)20(29)13-17(25)12-14-5-1-2-8-18(14)24;13-9-4-1-3-8(7-9)11-15-12(17-16-11)10-5-2-6-14-10;;/h1-3,5-8,11,17,19H,4,9-10,12-13,25H2;1,3-4,7,10,14H,2,5-6H2;2*1H/t17-,19+;10-;;/m10../s1. The highest BCUT2D eigenvalue weighted by molar-refractivity contribution is 5.85. The summed E-state index contributed by atoms with van der Waals surface area (Å²) in [7, 11) is 0. The summed E-state index contributed by atoms with van der Waals surface area (Å²) in [5.74, 6) is 0.480. The molecule has 0 radical (unpaired) electrons. The highest BCUT2D eigenvalue weighted by Crippen LogP contribution is 2.33. The van der Waals surface area contributed by atoms with Gasteiger partial charge >= 0.3 is 0 Å². The van der Waals surface area contributed by atoms with Crippen LogP contribution in [-0.4, -0.2) is 50.2 Å². The summed E-state index contributed by atoms with van der Waals surface area (Å²) in [6, 6.07) is 17.8. The second-order valence-electron chi connectivity index (χ2n) is 11.6. The number of benzene rings is 3. The van der Waals surface area contributed by atoms with Crippen LogP contribution >= 0.6 is 24.8 Å². The first-order valence-corrected chi connectivity index (χ1v) is 15.5. The van der Waals surface area contributed by atoms with E-state index in [1.165, 1.54) is 30.3 Å². The van der Waals surface area contributed by atoms with Crippen LogP contribution in [0.15, 0.2) is 81.8 Å². The van der Waals surface area contributed by atoms with Gasteiger partial charge in [-0.05, 0) is 74.5 Å². The van der Waals surface area contributed by atoms with Crippen molar-refractivity contribution in [1.29, 1.82) is 0 Å². The molecule has 10 nitrogen and oxygen atoms in total. The lowest BCUT2D eigenvalue weighted by Gasteiger charge is -2.23. The van der Waals surface area contributed by atoms with Crippen LogP contribution in [0, 0.1) is 17.5 Å². The topological polar surface area (TPSA) is 136 Å². The van der Waals surface area contributed by atoms with E-state index >= 15 is 0 Å². The molecule has 2 aromatic heterocycles. The summed E-state index contributed by atoms with van der Waals surface area (Å²) in [5, 5.41) is 11.1. The van der Waals surface area contributed by atoms with Crippen molar-refractivity contribution in [3.8, 4) is 22.8 Å². The molecule has 0 unspecified atom stereocenters. The zero-order valence-electron chi connectivity index (χ0n) is 26.3. The molecule has 0 spiro atoms. The number of halogens is 5. The van der Waals surface area contributed by atoms with Crippen LogP contribution < -0.4 is 11.1 Å². The van der Waals surface area contributed by atoms with Crippen LogP contribution in [0.3, 0.4) is 0 Å². The number of carbonyl (C=O) groups is 1. The molecule has 2 saturated heterocycles. The minimum Gasteiger partial charge on any atom is -0.337 e. The van der Waals surface area contributed by atoms with Crippen LogP contribution in [0.25, 0.3) is 22.8 Å². The predicted octanol–water partition coefficient (Wildman–Crippen LogP) is 6.78. The van der Waals surface area contributed by atoms with Gasteiger partial charge in [-0.1, -0.05) is 52.8 Å². The van der Waals surface area contributed by atoms with Gasteiger partial charge in [-0.15, -0.1) is 24.8 Å². The first-order chi connectivity index (χ1) is 22.8. The van der Waals surface area contributed by atoms with Gasteiger partial charge in [0.2, 0.25) is 29.3 Å². The first-order valence-electron chi connectivity index (χ1n) is 15.5. The summed E-state index contributed by atoms with van der Waals surface area (Å²) in [5.41, 5.74) is 7.76. The smallest absolute Gasteiger partial charge is 0.249 e. The van der Waals surface area contributed by atoms with Gasteiger partial charge in [-0.3, -0.25) is 4.79 Å². The number of amides is 1. The van der Waals surface area contributed by atoms with Crippen molar-refractivity contribution in [2.24, 2.45) is 5.73 Å². The maximum Gasteiger partial charge on any atom is 0.249 e. The lowest BCUT2D eigenvalue weighted by atomic mass is 10.0. The van der Waals surface area contributed by atoms with E-state index in [0.717, 1.165) is 25.8 Å². The second kappa shape index (κ2) is 17.4. The Hall–Kier alpha value is -4.30. The molecule has 2 aliphatic heterocycles. The van der Waals surface area contributed by atoms with E-state index in [0.29, 0.717) is 47.3 Å². The lowest BCUT2D eigenvalue weighted by molar-refractivity contribution is -0.132. The van der Waals surface area contributed by atoms with E-state index in [-0.39, 0.29) is 78.9 Å². The predicted molar refractivity (Wildman–Crippen MR) is 180 cm³/mol. The lowest BCUT2D eigenvalue weighted by Crippen LogP contribution is -2.36. The number of nitrogens with zero attached hydrogens (tertiary/aromatic N) is 5. The Bertz CT molecular complexity index is 1820. The van der Waals surface area contributed by atoms with E-state index in [1.54, 1.807) is 47.4 Å². The number of hydrogen-bond acceptors (Lipinski definition) is 9. The molecule has 0 saturated carbocycles. The Kier molecular flexibility index (Phi) is 13.3. The van der Waals surface area contributed by atoms with Crippen molar-refractivity contribution in [1.82, 2.24) is 30.5 Å². The van der Waals surface area contributed by atoms with Crippen LogP contribution in [-0.2, 0) is 11.2 Å². The molecule has 5 aromatic rings. The van der Waals surface area contributed by atoms with Crippen molar-refractivity contribution in [2.45, 2.75) is 56.7 Å². The Morgan fingerprint density at radius 1 is 0.857 bits per heavy atom. The molecule has 3 aromatic carbocycles. The fourth-order valence-corrected chi connectivity index (χ4v) is 5.81. The molecule has 3 atom stereocenters. The van der Waals surface area contributed by atoms with Crippen LogP contribution in [0.2, 0.25) is 0 Å². The molecule has 0 aliphatic carbocycles. The molecule has 3 N–H and O–H groups in total. The molecular weight excluding hydrogens is 682 g/mol. The Balaban J connectivity index is 0.000000242. The second-order valence-corrected chi connectivity index (χ2v) is 11.6.